The average molecular weight is 326 g/mol. The number of aromatic nitrogens is 3. The highest BCUT2D eigenvalue weighted by Crippen LogP contribution is 2.31. The van der Waals surface area contributed by atoms with E-state index in [1.165, 1.54) is 5.56 Å². The predicted molar refractivity (Wildman–Crippen MR) is 93.0 cm³/mol. The molecule has 5 nitrogen and oxygen atoms in total. The number of methoxy groups -OCH3 is 1. The van der Waals surface area contributed by atoms with Crippen LogP contribution in [0.15, 0.2) is 48.7 Å². The van der Waals surface area contributed by atoms with Crippen molar-refractivity contribution in [2.75, 3.05) is 19.1 Å². The first-order valence-electron chi connectivity index (χ1n) is 7.30. The van der Waals surface area contributed by atoms with E-state index in [1.807, 2.05) is 37.4 Å². The molecule has 0 fully saturated rings. The van der Waals surface area contributed by atoms with Crippen molar-refractivity contribution in [2.24, 2.45) is 0 Å². The van der Waals surface area contributed by atoms with Crippen LogP contribution in [0.4, 0.5) is 5.13 Å². The van der Waals surface area contributed by atoms with Gasteiger partial charge in [0.05, 0.1) is 13.2 Å². The van der Waals surface area contributed by atoms with Gasteiger partial charge in [0.15, 0.2) is 5.01 Å². The molecule has 0 N–H and O–H groups in total. The maximum atomic E-state index is 5.21. The highest BCUT2D eigenvalue weighted by molar-refractivity contribution is 7.18. The summed E-state index contributed by atoms with van der Waals surface area (Å²) >= 11 is 1.54. The molecule has 23 heavy (non-hydrogen) atoms. The minimum Gasteiger partial charge on any atom is -0.497 e. The van der Waals surface area contributed by atoms with Gasteiger partial charge in [0, 0.05) is 13.2 Å². The number of hydrogen-bond donors (Lipinski definition) is 0. The molecule has 3 aromatic rings. The average Bonchev–Trinajstić information content (AvgIpc) is 3.11. The van der Waals surface area contributed by atoms with Gasteiger partial charge in [-0.3, -0.25) is 4.98 Å². The van der Waals surface area contributed by atoms with Crippen LogP contribution in [0.2, 0.25) is 0 Å². The second-order valence-corrected chi connectivity index (χ2v) is 6.12. The van der Waals surface area contributed by atoms with Gasteiger partial charge in [-0.05, 0) is 36.8 Å². The van der Waals surface area contributed by atoms with Crippen LogP contribution in [0.3, 0.4) is 0 Å². The Morgan fingerprint density at radius 2 is 1.87 bits per heavy atom. The quantitative estimate of drug-likeness (QED) is 0.713. The van der Waals surface area contributed by atoms with Gasteiger partial charge in [0.1, 0.15) is 11.4 Å². The zero-order valence-electron chi connectivity index (χ0n) is 13.3. The minimum atomic E-state index is 0.186. The standard InChI is InChI=1S/C17H18N4OS/c1-12(13-7-9-14(22-3)10-8-13)21(2)17-20-19-16(23-17)15-6-4-5-11-18-15/h4-12H,1-3H3. The Morgan fingerprint density at radius 3 is 2.52 bits per heavy atom. The molecular formula is C17H18N4OS. The van der Waals surface area contributed by atoms with Crippen molar-refractivity contribution in [1.82, 2.24) is 15.2 Å². The lowest BCUT2D eigenvalue weighted by atomic mass is 10.1. The normalized spacial score (nSPS) is 12.0. The van der Waals surface area contributed by atoms with E-state index in [0.717, 1.165) is 21.6 Å². The third-order valence-corrected chi connectivity index (χ3v) is 4.82. The van der Waals surface area contributed by atoms with Gasteiger partial charge in [-0.15, -0.1) is 10.2 Å². The lowest BCUT2D eigenvalue weighted by Gasteiger charge is -2.24. The van der Waals surface area contributed by atoms with Gasteiger partial charge in [-0.1, -0.05) is 29.5 Å². The highest BCUT2D eigenvalue weighted by atomic mass is 32.1. The summed E-state index contributed by atoms with van der Waals surface area (Å²) in [5, 5.41) is 10.3. The van der Waals surface area contributed by atoms with Crippen LogP contribution in [0.5, 0.6) is 5.75 Å². The molecule has 0 aliphatic rings. The van der Waals surface area contributed by atoms with Crippen molar-refractivity contribution < 1.29 is 4.74 Å². The highest BCUT2D eigenvalue weighted by Gasteiger charge is 2.17. The van der Waals surface area contributed by atoms with Gasteiger partial charge in [0.2, 0.25) is 5.13 Å². The molecule has 0 aliphatic carbocycles. The minimum absolute atomic E-state index is 0.186. The molecule has 2 heterocycles. The van der Waals surface area contributed by atoms with Crippen molar-refractivity contribution in [1.29, 1.82) is 0 Å². The Hall–Kier alpha value is -2.47. The number of anilines is 1. The molecule has 0 bridgehead atoms. The SMILES string of the molecule is COc1ccc(C(C)N(C)c2nnc(-c3ccccn3)s2)cc1. The van der Waals surface area contributed by atoms with Crippen molar-refractivity contribution in [2.45, 2.75) is 13.0 Å². The lowest BCUT2D eigenvalue weighted by Crippen LogP contribution is -2.21. The fraction of sp³-hybridized carbons (Fsp3) is 0.235. The Kier molecular flexibility index (Phi) is 4.52. The Morgan fingerprint density at radius 1 is 1.09 bits per heavy atom. The van der Waals surface area contributed by atoms with E-state index >= 15 is 0 Å². The predicted octanol–water partition coefficient (Wildman–Crippen LogP) is 3.81. The fourth-order valence-electron chi connectivity index (χ4n) is 2.22. The summed E-state index contributed by atoms with van der Waals surface area (Å²) < 4.78 is 5.21. The fourth-order valence-corrected chi connectivity index (χ4v) is 3.09. The summed E-state index contributed by atoms with van der Waals surface area (Å²) in [6, 6.07) is 14.1. The van der Waals surface area contributed by atoms with E-state index in [9.17, 15) is 0 Å². The molecule has 1 aromatic carbocycles. The molecule has 3 rings (SSSR count). The van der Waals surface area contributed by atoms with E-state index < -0.39 is 0 Å². The first-order chi connectivity index (χ1) is 11.2. The van der Waals surface area contributed by atoms with Crippen LogP contribution >= 0.6 is 11.3 Å². The van der Waals surface area contributed by atoms with Gasteiger partial charge in [-0.25, -0.2) is 0 Å². The summed E-state index contributed by atoms with van der Waals surface area (Å²) in [7, 11) is 3.70. The van der Waals surface area contributed by atoms with Gasteiger partial charge >= 0.3 is 0 Å². The second kappa shape index (κ2) is 6.75. The Bertz CT molecular complexity index is 758. The number of pyridine rings is 1. The topological polar surface area (TPSA) is 51.1 Å². The molecule has 1 unspecified atom stereocenters. The van der Waals surface area contributed by atoms with Crippen LogP contribution in [-0.2, 0) is 0 Å². The first kappa shape index (κ1) is 15.4. The molecule has 118 valence electrons. The molecule has 2 aromatic heterocycles. The van der Waals surface area contributed by atoms with Crippen LogP contribution < -0.4 is 9.64 Å². The van der Waals surface area contributed by atoms with Crippen molar-refractivity contribution in [3.8, 4) is 16.5 Å². The molecule has 0 saturated heterocycles. The zero-order valence-corrected chi connectivity index (χ0v) is 14.1. The molecule has 0 spiro atoms. The number of hydrogen-bond acceptors (Lipinski definition) is 6. The molecule has 0 amide bonds. The zero-order chi connectivity index (χ0) is 16.2. The van der Waals surface area contributed by atoms with Crippen molar-refractivity contribution in [3.05, 3.63) is 54.2 Å². The molecule has 6 heteroatoms. The van der Waals surface area contributed by atoms with Crippen LogP contribution in [0.1, 0.15) is 18.5 Å². The van der Waals surface area contributed by atoms with Crippen molar-refractivity contribution >= 4 is 16.5 Å². The van der Waals surface area contributed by atoms with E-state index in [4.69, 9.17) is 4.74 Å². The van der Waals surface area contributed by atoms with E-state index in [2.05, 4.69) is 39.1 Å². The summed E-state index contributed by atoms with van der Waals surface area (Å²) in [6.07, 6.45) is 1.76. The summed E-state index contributed by atoms with van der Waals surface area (Å²) in [5.41, 5.74) is 2.05. The maximum Gasteiger partial charge on any atom is 0.208 e. The Balaban J connectivity index is 1.79. The smallest absolute Gasteiger partial charge is 0.208 e. The molecule has 1 atom stereocenters. The van der Waals surface area contributed by atoms with E-state index in [1.54, 1.807) is 24.6 Å². The van der Waals surface area contributed by atoms with Crippen molar-refractivity contribution in [3.63, 3.8) is 0 Å². The maximum absolute atomic E-state index is 5.21. The third-order valence-electron chi connectivity index (χ3n) is 3.78. The van der Waals surface area contributed by atoms with Gasteiger partial charge < -0.3 is 9.64 Å². The van der Waals surface area contributed by atoms with Gasteiger partial charge in [0.25, 0.3) is 0 Å². The summed E-state index contributed by atoms with van der Waals surface area (Å²) in [5.74, 6) is 0.858. The number of benzene rings is 1. The van der Waals surface area contributed by atoms with Crippen LogP contribution in [-0.4, -0.2) is 29.3 Å². The molecular weight excluding hydrogens is 308 g/mol. The molecule has 0 saturated carbocycles. The number of ether oxygens (including phenoxy) is 1. The number of nitrogens with zero attached hydrogens (tertiary/aromatic N) is 4. The largest absolute Gasteiger partial charge is 0.497 e. The Labute approximate surface area is 139 Å². The third kappa shape index (κ3) is 3.32. The van der Waals surface area contributed by atoms with Crippen LogP contribution in [0.25, 0.3) is 10.7 Å². The summed E-state index contributed by atoms with van der Waals surface area (Å²) in [6.45, 7) is 2.14. The van der Waals surface area contributed by atoms with Crippen LogP contribution in [0, 0.1) is 0 Å². The second-order valence-electron chi connectivity index (χ2n) is 5.16. The monoisotopic (exact) mass is 326 g/mol. The van der Waals surface area contributed by atoms with Gasteiger partial charge in [-0.2, -0.15) is 0 Å². The van der Waals surface area contributed by atoms with E-state index in [0.29, 0.717) is 0 Å². The molecule has 0 radical (unpaired) electrons. The first-order valence-corrected chi connectivity index (χ1v) is 8.12. The lowest BCUT2D eigenvalue weighted by molar-refractivity contribution is 0.414. The summed E-state index contributed by atoms with van der Waals surface area (Å²) in [4.78, 5) is 6.44. The number of rotatable bonds is 5. The van der Waals surface area contributed by atoms with E-state index in [-0.39, 0.29) is 6.04 Å². The molecule has 0 aliphatic heterocycles.